The van der Waals surface area contributed by atoms with Gasteiger partial charge in [0.2, 0.25) is 17.7 Å². The number of nitrogens with one attached hydrogen (secondary N) is 3. The molecule has 0 radical (unpaired) electrons. The van der Waals surface area contributed by atoms with Crippen molar-refractivity contribution in [3.8, 4) is 0 Å². The summed E-state index contributed by atoms with van der Waals surface area (Å²) >= 11 is 0. The molecule has 12 N–H and O–H groups in total. The van der Waals surface area contributed by atoms with Gasteiger partial charge >= 0.3 is 5.97 Å². The maximum Gasteiger partial charge on any atom is 0.325 e. The molecule has 0 aromatic rings. The van der Waals surface area contributed by atoms with Crippen LogP contribution in [0.25, 0.3) is 0 Å². The Morgan fingerprint density at radius 2 is 1.60 bits per heavy atom. The van der Waals surface area contributed by atoms with E-state index in [-0.39, 0.29) is 18.9 Å². The van der Waals surface area contributed by atoms with Crippen LogP contribution in [0.15, 0.2) is 4.99 Å². The fourth-order valence-electron chi connectivity index (χ4n) is 2.15. The van der Waals surface area contributed by atoms with Crippen LogP contribution < -0.4 is 33.2 Å². The molecular weight excluding hydrogens is 402 g/mol. The number of aliphatic carboxylic acids is 1. The van der Waals surface area contributed by atoms with Gasteiger partial charge in [-0.15, -0.1) is 0 Å². The summed E-state index contributed by atoms with van der Waals surface area (Å²) in [5.74, 6) is -4.06. The fourth-order valence-corrected chi connectivity index (χ4v) is 2.15. The molecule has 0 aromatic heterocycles. The molecule has 0 heterocycles. The molecule has 5 unspecified atom stereocenters. The molecule has 0 aliphatic rings. The molecule has 30 heavy (non-hydrogen) atoms. The molecule has 0 saturated carbocycles. The molecule has 0 aliphatic carbocycles. The van der Waals surface area contributed by atoms with E-state index in [0.717, 1.165) is 0 Å². The number of hydrogen-bond acceptors (Lipinski definition) is 8. The Labute approximate surface area is 173 Å². The number of carboxylic acids is 1. The molecule has 0 bridgehead atoms. The molecule has 0 rings (SSSR count). The van der Waals surface area contributed by atoms with E-state index in [9.17, 15) is 29.4 Å². The first-order valence-corrected chi connectivity index (χ1v) is 9.14. The first-order chi connectivity index (χ1) is 13.9. The molecule has 5 atom stereocenters. The number of carbonyl (C=O) groups excluding carboxylic acids is 3. The van der Waals surface area contributed by atoms with E-state index in [1.807, 2.05) is 0 Å². The van der Waals surface area contributed by atoms with Crippen LogP contribution in [-0.2, 0) is 19.2 Å². The highest BCUT2D eigenvalue weighted by Gasteiger charge is 2.31. The van der Waals surface area contributed by atoms with Gasteiger partial charge in [-0.3, -0.25) is 24.2 Å². The summed E-state index contributed by atoms with van der Waals surface area (Å²) in [4.78, 5) is 51.1. The maximum absolute atomic E-state index is 12.3. The average molecular weight is 433 g/mol. The number of aliphatic hydroxyl groups is 2. The highest BCUT2D eigenvalue weighted by Crippen LogP contribution is 1.99. The second-order valence-corrected chi connectivity index (χ2v) is 6.59. The van der Waals surface area contributed by atoms with Gasteiger partial charge in [-0.05, 0) is 26.7 Å². The maximum atomic E-state index is 12.3. The molecular formula is C16H31N7O7. The van der Waals surface area contributed by atoms with Gasteiger partial charge < -0.3 is 48.5 Å². The number of guanidine groups is 1. The van der Waals surface area contributed by atoms with E-state index in [1.54, 1.807) is 0 Å². The molecule has 172 valence electrons. The third-order valence-corrected chi connectivity index (χ3v) is 3.91. The zero-order chi connectivity index (χ0) is 23.4. The van der Waals surface area contributed by atoms with Crippen molar-refractivity contribution in [3.05, 3.63) is 0 Å². The van der Waals surface area contributed by atoms with Gasteiger partial charge in [0.15, 0.2) is 5.96 Å². The molecule has 0 fully saturated rings. The Morgan fingerprint density at radius 1 is 1.00 bits per heavy atom. The van der Waals surface area contributed by atoms with Crippen molar-refractivity contribution in [2.75, 3.05) is 13.2 Å². The number of nitrogens with zero attached hydrogens (tertiary/aromatic N) is 1. The lowest BCUT2D eigenvalue weighted by atomic mass is 10.1. The molecule has 0 aromatic carbocycles. The Balaban J connectivity index is 4.88. The average Bonchev–Trinajstić information content (AvgIpc) is 2.65. The minimum absolute atomic E-state index is 0.0977. The largest absolute Gasteiger partial charge is 0.480 e. The number of carbonyl (C=O) groups is 4. The predicted octanol–water partition coefficient (Wildman–Crippen LogP) is -4.70. The lowest BCUT2D eigenvalue weighted by Gasteiger charge is -2.25. The molecule has 14 heteroatoms. The van der Waals surface area contributed by atoms with Crippen LogP contribution in [0.1, 0.15) is 26.7 Å². The molecule has 0 saturated heterocycles. The predicted molar refractivity (Wildman–Crippen MR) is 106 cm³/mol. The number of rotatable bonds is 13. The summed E-state index contributed by atoms with van der Waals surface area (Å²) in [5.41, 5.74) is 16.1. The Kier molecular flexibility index (Phi) is 12.0. The molecule has 3 amide bonds. The van der Waals surface area contributed by atoms with E-state index in [4.69, 9.17) is 22.3 Å². The number of nitrogens with two attached hydrogens (primary N) is 3. The smallest absolute Gasteiger partial charge is 0.325 e. The first kappa shape index (κ1) is 27.0. The van der Waals surface area contributed by atoms with Gasteiger partial charge in [0, 0.05) is 6.54 Å². The van der Waals surface area contributed by atoms with E-state index >= 15 is 0 Å². The summed E-state index contributed by atoms with van der Waals surface area (Å²) < 4.78 is 0. The van der Waals surface area contributed by atoms with E-state index in [0.29, 0.717) is 6.42 Å². The Bertz CT molecular complexity index is 637. The number of aliphatic hydroxyl groups excluding tert-OH is 2. The highest BCUT2D eigenvalue weighted by atomic mass is 16.4. The Hall–Kier alpha value is -2.97. The van der Waals surface area contributed by atoms with Crippen LogP contribution in [0.3, 0.4) is 0 Å². The van der Waals surface area contributed by atoms with Gasteiger partial charge in [-0.25, -0.2) is 0 Å². The van der Waals surface area contributed by atoms with E-state index in [1.165, 1.54) is 13.8 Å². The van der Waals surface area contributed by atoms with Gasteiger partial charge in [-0.1, -0.05) is 0 Å². The second-order valence-electron chi connectivity index (χ2n) is 6.59. The Morgan fingerprint density at radius 3 is 2.07 bits per heavy atom. The van der Waals surface area contributed by atoms with Crippen molar-refractivity contribution >= 4 is 29.7 Å². The van der Waals surface area contributed by atoms with Crippen LogP contribution >= 0.6 is 0 Å². The number of aliphatic imine (C=N–C) groups is 1. The summed E-state index contributed by atoms with van der Waals surface area (Å²) in [6, 6.07) is -5.24. The monoisotopic (exact) mass is 433 g/mol. The van der Waals surface area contributed by atoms with Gasteiger partial charge in [0.1, 0.15) is 18.1 Å². The highest BCUT2D eigenvalue weighted by molar-refractivity contribution is 5.94. The fraction of sp³-hybridized carbons (Fsp3) is 0.688. The van der Waals surface area contributed by atoms with Crippen LogP contribution in [-0.4, -0.2) is 88.4 Å². The van der Waals surface area contributed by atoms with Gasteiger partial charge in [0.05, 0.1) is 18.8 Å². The van der Waals surface area contributed by atoms with Crippen molar-refractivity contribution in [3.63, 3.8) is 0 Å². The normalized spacial score (nSPS) is 15.6. The van der Waals surface area contributed by atoms with Crippen molar-refractivity contribution < 1.29 is 34.5 Å². The molecule has 0 spiro atoms. The minimum Gasteiger partial charge on any atom is -0.480 e. The second kappa shape index (κ2) is 13.3. The first-order valence-electron chi connectivity index (χ1n) is 9.14. The van der Waals surface area contributed by atoms with Crippen LogP contribution in [0.2, 0.25) is 0 Å². The lowest BCUT2D eigenvalue weighted by molar-refractivity contribution is -0.142. The van der Waals surface area contributed by atoms with Crippen molar-refractivity contribution in [2.45, 2.75) is 57.0 Å². The standard InChI is InChI=1S/C16H31N7O7/c1-7(15(29)30)21-14(28)11(8(2)25)23-13(27)10(6-24)22-12(26)9(17)4-3-5-20-16(18)19/h7-11,24-25H,3-6,17H2,1-2H3,(H,21,28)(H,22,26)(H,23,27)(H,29,30)(H4,18,19,20). The van der Waals surface area contributed by atoms with Crippen molar-refractivity contribution in [2.24, 2.45) is 22.2 Å². The van der Waals surface area contributed by atoms with Crippen LogP contribution in [0.4, 0.5) is 0 Å². The summed E-state index contributed by atoms with van der Waals surface area (Å²) in [6.07, 6.45) is -0.786. The van der Waals surface area contributed by atoms with Crippen molar-refractivity contribution in [1.82, 2.24) is 16.0 Å². The number of carboxylic acid groups (broad SMARTS) is 1. The third kappa shape index (κ3) is 9.99. The summed E-state index contributed by atoms with van der Waals surface area (Å²) in [5, 5.41) is 34.5. The lowest BCUT2D eigenvalue weighted by Crippen LogP contribution is -2.60. The van der Waals surface area contributed by atoms with Gasteiger partial charge in [0.25, 0.3) is 0 Å². The molecule has 14 nitrogen and oxygen atoms in total. The van der Waals surface area contributed by atoms with E-state index < -0.39 is 60.6 Å². The SMILES string of the molecule is CC(NC(=O)C(NC(=O)C(CO)NC(=O)C(N)CCCN=C(N)N)C(C)O)C(=O)O. The summed E-state index contributed by atoms with van der Waals surface area (Å²) in [6.45, 7) is 1.85. The van der Waals surface area contributed by atoms with Gasteiger partial charge in [-0.2, -0.15) is 0 Å². The van der Waals surface area contributed by atoms with Crippen molar-refractivity contribution in [1.29, 1.82) is 0 Å². The zero-order valence-corrected chi connectivity index (χ0v) is 16.9. The minimum atomic E-state index is -1.52. The van der Waals surface area contributed by atoms with E-state index in [2.05, 4.69) is 20.9 Å². The van der Waals surface area contributed by atoms with Crippen LogP contribution in [0, 0.1) is 0 Å². The summed E-state index contributed by atoms with van der Waals surface area (Å²) in [7, 11) is 0. The van der Waals surface area contributed by atoms with Crippen LogP contribution in [0.5, 0.6) is 0 Å². The number of amides is 3. The number of hydrogen-bond donors (Lipinski definition) is 9. The topological polar surface area (TPSA) is 255 Å². The third-order valence-electron chi connectivity index (χ3n) is 3.91. The quantitative estimate of drug-likeness (QED) is 0.0761. The molecule has 0 aliphatic heterocycles. The zero-order valence-electron chi connectivity index (χ0n) is 16.9.